The summed E-state index contributed by atoms with van der Waals surface area (Å²) >= 11 is 0. The van der Waals surface area contributed by atoms with E-state index in [-0.39, 0.29) is 41.8 Å². The van der Waals surface area contributed by atoms with Crippen LogP contribution in [-0.2, 0) is 20.8 Å². The number of nitrogens with two attached hydrogens (primary N) is 1. The van der Waals surface area contributed by atoms with Crippen molar-refractivity contribution in [2.45, 2.75) is 91.0 Å². The van der Waals surface area contributed by atoms with E-state index in [1.54, 1.807) is 4.90 Å². The number of benzene rings is 1. The summed E-state index contributed by atoms with van der Waals surface area (Å²) in [6.45, 7) is 12.9. The molecule has 1 aliphatic rings. The molecular formula is C27H45N5O3. The summed E-state index contributed by atoms with van der Waals surface area (Å²) in [6, 6.07) is 8.48. The average Bonchev–Trinajstić information content (AvgIpc) is 3.31. The van der Waals surface area contributed by atoms with Crippen LogP contribution in [0.1, 0.15) is 59.9 Å². The standard InChI is InChI=1S/C27H45N5O3/c1-17(2)23(25(28)33)31-26(34)24(18(3)4)32(27(35)22-13-10-14-29-22)16-21(30-19(5)6)15-20-11-8-7-9-12-20/h7-9,11-12,17-19,21-24,29-30H,10,13-16H2,1-6H3,(H2,28,33)(H,31,34)/t21?,22-,23-,24-/m0/s1. The normalized spacial score (nSPS) is 18.5. The highest BCUT2D eigenvalue weighted by molar-refractivity contribution is 5.93. The molecule has 1 aliphatic heterocycles. The monoisotopic (exact) mass is 487 g/mol. The Hall–Kier alpha value is -2.45. The summed E-state index contributed by atoms with van der Waals surface area (Å²) < 4.78 is 0. The molecule has 35 heavy (non-hydrogen) atoms. The first kappa shape index (κ1) is 28.8. The van der Waals surface area contributed by atoms with E-state index in [0.717, 1.165) is 31.4 Å². The van der Waals surface area contributed by atoms with Crippen molar-refractivity contribution in [1.82, 2.24) is 20.9 Å². The second-order valence-corrected chi connectivity index (χ2v) is 10.7. The molecule has 1 fully saturated rings. The fourth-order valence-electron chi connectivity index (χ4n) is 4.83. The summed E-state index contributed by atoms with van der Waals surface area (Å²) in [7, 11) is 0. The van der Waals surface area contributed by atoms with Gasteiger partial charge in [0.15, 0.2) is 0 Å². The van der Waals surface area contributed by atoms with Crippen molar-refractivity contribution in [3.8, 4) is 0 Å². The zero-order valence-electron chi connectivity index (χ0n) is 22.2. The molecular weight excluding hydrogens is 442 g/mol. The molecule has 3 amide bonds. The van der Waals surface area contributed by atoms with Crippen LogP contribution in [-0.4, -0.2) is 65.9 Å². The molecule has 1 heterocycles. The van der Waals surface area contributed by atoms with Crippen LogP contribution in [0.2, 0.25) is 0 Å². The molecule has 0 aliphatic carbocycles. The Morgan fingerprint density at radius 3 is 2.20 bits per heavy atom. The van der Waals surface area contributed by atoms with E-state index in [1.165, 1.54) is 0 Å². The van der Waals surface area contributed by atoms with Crippen molar-refractivity contribution in [3.63, 3.8) is 0 Å². The number of primary amides is 1. The maximum Gasteiger partial charge on any atom is 0.243 e. The number of nitrogens with zero attached hydrogens (tertiary/aromatic N) is 1. The predicted molar refractivity (Wildman–Crippen MR) is 140 cm³/mol. The largest absolute Gasteiger partial charge is 0.368 e. The molecule has 4 atom stereocenters. The van der Waals surface area contributed by atoms with Gasteiger partial charge in [0.1, 0.15) is 12.1 Å². The quantitative estimate of drug-likeness (QED) is 0.339. The number of carbonyl (C=O) groups is 3. The maximum atomic E-state index is 13.8. The van der Waals surface area contributed by atoms with Gasteiger partial charge in [0, 0.05) is 18.6 Å². The number of amides is 3. The van der Waals surface area contributed by atoms with E-state index >= 15 is 0 Å². The van der Waals surface area contributed by atoms with Gasteiger partial charge in [-0.05, 0) is 43.2 Å². The summed E-state index contributed by atoms with van der Waals surface area (Å²) in [5.74, 6) is -1.29. The Kier molecular flexibility index (Phi) is 11.2. The van der Waals surface area contributed by atoms with Crippen LogP contribution in [0.15, 0.2) is 30.3 Å². The second kappa shape index (κ2) is 13.6. The average molecular weight is 488 g/mol. The molecule has 1 aromatic rings. The highest BCUT2D eigenvalue weighted by Gasteiger charge is 2.39. The molecule has 1 unspecified atom stereocenters. The van der Waals surface area contributed by atoms with Crippen LogP contribution in [0.25, 0.3) is 0 Å². The van der Waals surface area contributed by atoms with Crippen LogP contribution in [0.5, 0.6) is 0 Å². The number of nitrogens with one attached hydrogen (secondary N) is 3. The van der Waals surface area contributed by atoms with Gasteiger partial charge in [0.2, 0.25) is 17.7 Å². The van der Waals surface area contributed by atoms with Crippen LogP contribution < -0.4 is 21.7 Å². The summed E-state index contributed by atoms with van der Waals surface area (Å²) in [5.41, 5.74) is 6.73. The predicted octanol–water partition coefficient (Wildman–Crippen LogP) is 1.83. The molecule has 8 heteroatoms. The Labute approximate surface area is 210 Å². The third-order valence-corrected chi connectivity index (χ3v) is 6.46. The van der Waals surface area contributed by atoms with Gasteiger partial charge in [-0.3, -0.25) is 14.4 Å². The number of rotatable bonds is 13. The number of hydrogen-bond acceptors (Lipinski definition) is 5. The van der Waals surface area contributed by atoms with Crippen molar-refractivity contribution in [3.05, 3.63) is 35.9 Å². The lowest BCUT2D eigenvalue weighted by atomic mass is 9.96. The molecule has 0 spiro atoms. The smallest absolute Gasteiger partial charge is 0.243 e. The molecule has 196 valence electrons. The molecule has 0 saturated carbocycles. The summed E-state index contributed by atoms with van der Waals surface area (Å²) in [4.78, 5) is 41.1. The lowest BCUT2D eigenvalue weighted by molar-refractivity contribution is -0.145. The SMILES string of the molecule is CC(C)NC(Cc1ccccc1)CN(C(=O)[C@@H]1CCCN1)[C@H](C(=O)N[C@H](C(N)=O)C(C)C)C(C)C. The van der Waals surface area contributed by atoms with Crippen molar-refractivity contribution >= 4 is 17.7 Å². The van der Waals surface area contributed by atoms with E-state index < -0.39 is 18.0 Å². The van der Waals surface area contributed by atoms with Crippen LogP contribution in [0.3, 0.4) is 0 Å². The van der Waals surface area contributed by atoms with Crippen molar-refractivity contribution < 1.29 is 14.4 Å². The minimum atomic E-state index is -0.792. The number of carbonyl (C=O) groups excluding carboxylic acids is 3. The molecule has 0 aromatic heterocycles. The Bertz CT molecular complexity index is 821. The van der Waals surface area contributed by atoms with Gasteiger partial charge in [-0.1, -0.05) is 71.9 Å². The van der Waals surface area contributed by atoms with Gasteiger partial charge < -0.3 is 26.6 Å². The summed E-state index contributed by atoms with van der Waals surface area (Å²) in [5, 5.41) is 9.73. The van der Waals surface area contributed by atoms with E-state index in [2.05, 4.69) is 41.9 Å². The fraction of sp³-hybridized carbons (Fsp3) is 0.667. The van der Waals surface area contributed by atoms with E-state index in [4.69, 9.17) is 5.73 Å². The summed E-state index contributed by atoms with van der Waals surface area (Å²) in [6.07, 6.45) is 2.40. The molecule has 8 nitrogen and oxygen atoms in total. The van der Waals surface area contributed by atoms with Gasteiger partial charge in [-0.2, -0.15) is 0 Å². The topological polar surface area (TPSA) is 117 Å². The Morgan fingerprint density at radius 1 is 1.06 bits per heavy atom. The minimum Gasteiger partial charge on any atom is -0.368 e. The molecule has 5 N–H and O–H groups in total. The fourth-order valence-corrected chi connectivity index (χ4v) is 4.83. The van der Waals surface area contributed by atoms with Gasteiger partial charge in [0.25, 0.3) is 0 Å². The maximum absolute atomic E-state index is 13.8. The first-order chi connectivity index (χ1) is 16.5. The van der Waals surface area contributed by atoms with E-state index in [0.29, 0.717) is 6.54 Å². The van der Waals surface area contributed by atoms with Crippen molar-refractivity contribution in [2.24, 2.45) is 17.6 Å². The molecule has 2 rings (SSSR count). The Morgan fingerprint density at radius 2 is 1.71 bits per heavy atom. The van der Waals surface area contributed by atoms with Gasteiger partial charge in [-0.15, -0.1) is 0 Å². The van der Waals surface area contributed by atoms with Gasteiger partial charge in [-0.25, -0.2) is 0 Å². The van der Waals surface area contributed by atoms with Gasteiger partial charge >= 0.3 is 0 Å². The zero-order valence-corrected chi connectivity index (χ0v) is 22.2. The first-order valence-corrected chi connectivity index (χ1v) is 12.9. The second-order valence-electron chi connectivity index (χ2n) is 10.7. The third kappa shape index (κ3) is 8.61. The zero-order chi connectivity index (χ0) is 26.1. The highest BCUT2D eigenvalue weighted by Crippen LogP contribution is 2.19. The molecule has 1 saturated heterocycles. The van der Waals surface area contributed by atoms with Crippen LogP contribution in [0.4, 0.5) is 0 Å². The van der Waals surface area contributed by atoms with E-state index in [9.17, 15) is 14.4 Å². The van der Waals surface area contributed by atoms with E-state index in [1.807, 2.05) is 45.9 Å². The van der Waals surface area contributed by atoms with Gasteiger partial charge in [0.05, 0.1) is 6.04 Å². The molecule has 0 bridgehead atoms. The number of hydrogen-bond donors (Lipinski definition) is 4. The minimum absolute atomic E-state index is 0.0474. The van der Waals surface area contributed by atoms with Crippen molar-refractivity contribution in [2.75, 3.05) is 13.1 Å². The van der Waals surface area contributed by atoms with Crippen molar-refractivity contribution in [1.29, 1.82) is 0 Å². The lowest BCUT2D eigenvalue weighted by Crippen LogP contribution is -2.61. The molecule has 0 radical (unpaired) electrons. The first-order valence-electron chi connectivity index (χ1n) is 12.9. The van der Waals surface area contributed by atoms with Crippen LogP contribution >= 0.6 is 0 Å². The van der Waals surface area contributed by atoms with Crippen LogP contribution in [0, 0.1) is 11.8 Å². The molecule has 1 aromatic carbocycles. The third-order valence-electron chi connectivity index (χ3n) is 6.46. The Balaban J connectivity index is 2.38. The lowest BCUT2D eigenvalue weighted by Gasteiger charge is -2.38. The highest BCUT2D eigenvalue weighted by atomic mass is 16.2.